The number of hydrogen-bond acceptors (Lipinski definition) is 5. The van der Waals surface area contributed by atoms with E-state index in [1.54, 1.807) is 12.1 Å². The molecule has 6 nitrogen and oxygen atoms in total. The highest BCUT2D eigenvalue weighted by molar-refractivity contribution is 7.88. The third-order valence-corrected chi connectivity index (χ3v) is 4.76. The summed E-state index contributed by atoms with van der Waals surface area (Å²) in [6.45, 7) is 2.92. The molecule has 2 N–H and O–H groups in total. The van der Waals surface area contributed by atoms with E-state index in [0.717, 1.165) is 5.69 Å². The van der Waals surface area contributed by atoms with E-state index < -0.39 is 10.0 Å². The molecule has 1 aromatic heterocycles. The van der Waals surface area contributed by atoms with E-state index in [9.17, 15) is 8.42 Å². The van der Waals surface area contributed by atoms with Gasteiger partial charge in [-0.2, -0.15) is 4.31 Å². The summed E-state index contributed by atoms with van der Waals surface area (Å²) in [5.74, 6) is 0.439. The molecule has 1 aliphatic rings. The van der Waals surface area contributed by atoms with Crippen LogP contribution in [0, 0.1) is 0 Å². The number of piperazine rings is 1. The van der Waals surface area contributed by atoms with Crippen LogP contribution in [-0.2, 0) is 16.6 Å². The summed E-state index contributed by atoms with van der Waals surface area (Å²) in [6, 6.07) is 3.39. The molecule has 1 saturated heterocycles. The minimum absolute atomic E-state index is 0.439. The van der Waals surface area contributed by atoms with E-state index in [0.29, 0.717) is 43.6 Å². The Morgan fingerprint density at radius 3 is 2.53 bits per heavy atom. The number of aromatic nitrogens is 1. The van der Waals surface area contributed by atoms with Crippen LogP contribution in [0.4, 0.5) is 5.82 Å². The van der Waals surface area contributed by atoms with Gasteiger partial charge < -0.3 is 5.73 Å². The molecule has 2 heterocycles. The number of rotatable bonds is 3. The maximum atomic E-state index is 11.4. The van der Waals surface area contributed by atoms with Crippen LogP contribution < -0.4 is 5.73 Å². The van der Waals surface area contributed by atoms with Crippen molar-refractivity contribution in [3.05, 3.63) is 22.8 Å². The van der Waals surface area contributed by atoms with E-state index in [2.05, 4.69) is 9.88 Å². The van der Waals surface area contributed by atoms with Gasteiger partial charge >= 0.3 is 0 Å². The fourth-order valence-electron chi connectivity index (χ4n) is 2.04. The summed E-state index contributed by atoms with van der Waals surface area (Å²) >= 11 is 6.07. The summed E-state index contributed by atoms with van der Waals surface area (Å²) in [7, 11) is -3.09. The van der Waals surface area contributed by atoms with Gasteiger partial charge in [-0.05, 0) is 12.1 Å². The minimum Gasteiger partial charge on any atom is -0.384 e. The number of nitrogens with two attached hydrogens (primary N) is 1. The molecule has 1 aliphatic heterocycles. The summed E-state index contributed by atoms with van der Waals surface area (Å²) in [6.07, 6.45) is 1.24. The Hall–Kier alpha value is -0.890. The van der Waals surface area contributed by atoms with Crippen molar-refractivity contribution in [2.24, 2.45) is 0 Å². The van der Waals surface area contributed by atoms with Gasteiger partial charge in [0, 0.05) is 32.7 Å². The predicted molar refractivity (Wildman–Crippen MR) is 75.4 cm³/mol. The number of anilines is 1. The molecule has 19 heavy (non-hydrogen) atoms. The van der Waals surface area contributed by atoms with Crippen LogP contribution >= 0.6 is 11.6 Å². The highest BCUT2D eigenvalue weighted by Crippen LogP contribution is 2.18. The van der Waals surface area contributed by atoms with Crippen LogP contribution in [-0.4, -0.2) is 55.0 Å². The van der Waals surface area contributed by atoms with Crippen LogP contribution in [0.1, 0.15) is 5.69 Å². The van der Waals surface area contributed by atoms with E-state index >= 15 is 0 Å². The second-order valence-electron chi connectivity index (χ2n) is 4.60. The minimum atomic E-state index is -3.09. The quantitative estimate of drug-likeness (QED) is 0.874. The molecule has 0 saturated carbocycles. The van der Waals surface area contributed by atoms with Gasteiger partial charge in [0.1, 0.15) is 5.82 Å². The Bertz CT molecular complexity index is 556. The monoisotopic (exact) mass is 304 g/mol. The number of nitrogens with zero attached hydrogens (tertiary/aromatic N) is 3. The zero-order valence-electron chi connectivity index (χ0n) is 10.7. The van der Waals surface area contributed by atoms with Crippen LogP contribution in [0.2, 0.25) is 5.02 Å². The van der Waals surface area contributed by atoms with Crippen molar-refractivity contribution in [2.45, 2.75) is 6.54 Å². The zero-order chi connectivity index (χ0) is 14.0. The lowest BCUT2D eigenvalue weighted by Crippen LogP contribution is -2.47. The lowest BCUT2D eigenvalue weighted by atomic mass is 10.3. The molecule has 106 valence electrons. The van der Waals surface area contributed by atoms with Crippen LogP contribution in [0.25, 0.3) is 0 Å². The number of nitrogen functional groups attached to an aromatic ring is 1. The third-order valence-electron chi connectivity index (χ3n) is 3.11. The molecule has 2 rings (SSSR count). The summed E-state index contributed by atoms with van der Waals surface area (Å²) in [5.41, 5.74) is 6.37. The summed E-state index contributed by atoms with van der Waals surface area (Å²) < 4.78 is 24.3. The number of pyridine rings is 1. The number of hydrogen-bond donors (Lipinski definition) is 1. The first-order valence-electron chi connectivity index (χ1n) is 5.94. The second-order valence-corrected chi connectivity index (χ2v) is 6.99. The summed E-state index contributed by atoms with van der Waals surface area (Å²) in [4.78, 5) is 6.33. The normalized spacial score (nSPS) is 18.6. The molecule has 0 spiro atoms. The molecule has 8 heteroatoms. The smallest absolute Gasteiger partial charge is 0.211 e. The lowest BCUT2D eigenvalue weighted by molar-refractivity contribution is 0.180. The lowest BCUT2D eigenvalue weighted by Gasteiger charge is -2.33. The molecule has 1 aromatic rings. The molecular formula is C11H17ClN4O2S. The average molecular weight is 305 g/mol. The Morgan fingerprint density at radius 1 is 1.32 bits per heavy atom. The van der Waals surface area contributed by atoms with Crippen molar-refractivity contribution in [3.63, 3.8) is 0 Å². The number of halogens is 1. The Morgan fingerprint density at radius 2 is 1.95 bits per heavy atom. The van der Waals surface area contributed by atoms with Gasteiger partial charge in [0.2, 0.25) is 10.0 Å². The van der Waals surface area contributed by atoms with Gasteiger partial charge in [0.25, 0.3) is 0 Å². The topological polar surface area (TPSA) is 79.5 Å². The van der Waals surface area contributed by atoms with Crippen molar-refractivity contribution in [3.8, 4) is 0 Å². The van der Waals surface area contributed by atoms with Crippen molar-refractivity contribution < 1.29 is 8.42 Å². The molecule has 0 radical (unpaired) electrons. The molecule has 0 atom stereocenters. The first kappa shape index (κ1) is 14.5. The van der Waals surface area contributed by atoms with E-state index in [1.807, 2.05) is 0 Å². The van der Waals surface area contributed by atoms with Crippen LogP contribution in [0.15, 0.2) is 12.1 Å². The standard InChI is InChI=1S/C11H17ClN4O2S/c1-19(17,18)16-6-4-15(5-7-16)8-10-9(12)2-3-11(13)14-10/h2-3H,4-8H2,1H3,(H2,13,14). The average Bonchev–Trinajstić information content (AvgIpc) is 2.33. The van der Waals surface area contributed by atoms with Crippen molar-refractivity contribution in [1.82, 2.24) is 14.2 Å². The Labute approximate surface area is 118 Å². The van der Waals surface area contributed by atoms with Gasteiger partial charge in [-0.25, -0.2) is 13.4 Å². The van der Waals surface area contributed by atoms with Gasteiger partial charge in [0.05, 0.1) is 17.0 Å². The van der Waals surface area contributed by atoms with E-state index in [-0.39, 0.29) is 0 Å². The molecule has 1 fully saturated rings. The van der Waals surface area contributed by atoms with Gasteiger partial charge in [0.15, 0.2) is 0 Å². The number of sulfonamides is 1. The highest BCUT2D eigenvalue weighted by atomic mass is 35.5. The second kappa shape index (κ2) is 5.62. The molecule has 0 aliphatic carbocycles. The first-order chi connectivity index (χ1) is 8.86. The van der Waals surface area contributed by atoms with Crippen molar-refractivity contribution in [2.75, 3.05) is 38.2 Å². The maximum absolute atomic E-state index is 11.4. The van der Waals surface area contributed by atoms with Gasteiger partial charge in [-0.15, -0.1) is 0 Å². The molecule has 0 amide bonds. The molecular weight excluding hydrogens is 288 g/mol. The van der Waals surface area contributed by atoms with E-state index in [1.165, 1.54) is 10.6 Å². The predicted octanol–water partition coefficient (Wildman–Crippen LogP) is 0.394. The van der Waals surface area contributed by atoms with Crippen molar-refractivity contribution in [1.29, 1.82) is 0 Å². The Balaban J connectivity index is 1.98. The largest absolute Gasteiger partial charge is 0.384 e. The van der Waals surface area contributed by atoms with E-state index in [4.69, 9.17) is 17.3 Å². The Kier molecular flexibility index (Phi) is 4.29. The maximum Gasteiger partial charge on any atom is 0.211 e. The molecule has 0 unspecified atom stereocenters. The molecule has 0 bridgehead atoms. The first-order valence-corrected chi connectivity index (χ1v) is 8.17. The third kappa shape index (κ3) is 3.79. The van der Waals surface area contributed by atoms with Crippen LogP contribution in [0.3, 0.4) is 0 Å². The van der Waals surface area contributed by atoms with Gasteiger partial charge in [-0.1, -0.05) is 11.6 Å². The van der Waals surface area contributed by atoms with Gasteiger partial charge in [-0.3, -0.25) is 4.90 Å². The summed E-state index contributed by atoms with van der Waals surface area (Å²) in [5, 5.41) is 0.583. The highest BCUT2D eigenvalue weighted by Gasteiger charge is 2.23. The van der Waals surface area contributed by atoms with Crippen LogP contribution in [0.5, 0.6) is 0 Å². The van der Waals surface area contributed by atoms with Crippen molar-refractivity contribution >= 4 is 27.4 Å². The fraction of sp³-hybridized carbons (Fsp3) is 0.545. The fourth-order valence-corrected chi connectivity index (χ4v) is 3.03. The zero-order valence-corrected chi connectivity index (χ0v) is 12.3. The molecule has 0 aromatic carbocycles. The SMILES string of the molecule is CS(=O)(=O)N1CCN(Cc2nc(N)ccc2Cl)CC1.